The molecule has 1 aliphatic rings. The lowest BCUT2D eigenvalue weighted by Gasteiger charge is -2.29. The molecular formula is C19H20N6O4. The molecule has 0 radical (unpaired) electrons. The van der Waals surface area contributed by atoms with Gasteiger partial charge >= 0.3 is 0 Å². The van der Waals surface area contributed by atoms with E-state index in [1.54, 1.807) is 41.3 Å². The van der Waals surface area contributed by atoms with E-state index in [9.17, 15) is 9.59 Å². The van der Waals surface area contributed by atoms with Crippen LogP contribution < -0.4 is 5.56 Å². The van der Waals surface area contributed by atoms with Crippen molar-refractivity contribution in [3.63, 3.8) is 0 Å². The largest absolute Gasteiger partial charge is 0.483 e. The van der Waals surface area contributed by atoms with Crippen molar-refractivity contribution >= 4 is 12.4 Å². The van der Waals surface area contributed by atoms with E-state index in [0.29, 0.717) is 25.2 Å². The molecule has 4 heterocycles. The first kappa shape index (κ1) is 19.9. The third-order valence-electron chi connectivity index (χ3n) is 4.67. The highest BCUT2D eigenvalue weighted by Gasteiger charge is 2.27. The minimum Gasteiger partial charge on any atom is -0.483 e. The van der Waals surface area contributed by atoms with E-state index in [2.05, 4.69) is 15.1 Å². The maximum absolute atomic E-state index is 12.9. The molecule has 0 bridgehead atoms. The molecule has 0 spiro atoms. The van der Waals surface area contributed by atoms with E-state index in [0.717, 1.165) is 22.5 Å². The van der Waals surface area contributed by atoms with Crippen molar-refractivity contribution in [2.45, 2.75) is 13.0 Å². The third kappa shape index (κ3) is 4.05. The second kappa shape index (κ2) is 8.46. The molecule has 0 unspecified atom stereocenters. The van der Waals surface area contributed by atoms with Gasteiger partial charge < -0.3 is 14.6 Å². The van der Waals surface area contributed by atoms with Crippen LogP contribution in [0.3, 0.4) is 0 Å². The second-order valence-electron chi connectivity index (χ2n) is 6.44. The number of fused-ring (bicyclic) bond motifs is 1. The number of pyridine rings is 1. The minimum atomic E-state index is -0.250. The molecule has 29 heavy (non-hydrogen) atoms. The number of aryl methyl sites for hydroxylation is 1. The number of hydrogen-bond acceptors (Lipinski definition) is 6. The van der Waals surface area contributed by atoms with Gasteiger partial charge in [-0.15, -0.1) is 0 Å². The van der Waals surface area contributed by atoms with Crippen LogP contribution in [0.1, 0.15) is 21.7 Å². The number of amides is 1. The number of aromatic nitrogens is 5. The van der Waals surface area contributed by atoms with Crippen molar-refractivity contribution in [3.8, 4) is 11.3 Å². The topological polar surface area (TPSA) is 123 Å². The monoisotopic (exact) mass is 396 g/mol. The van der Waals surface area contributed by atoms with Crippen LogP contribution in [0.15, 0.2) is 41.7 Å². The lowest BCUT2D eigenvalue weighted by molar-refractivity contribution is -0.122. The second-order valence-corrected chi connectivity index (χ2v) is 6.44. The molecule has 0 saturated heterocycles. The van der Waals surface area contributed by atoms with Crippen molar-refractivity contribution in [3.05, 3.63) is 64.2 Å². The SMILES string of the molecule is Cn1cc(-c2ncnc3c2CN(C(=O)c2cccc(=O)n2C)CC3)cn1.O=CO. The normalized spacial score (nSPS) is 12.6. The highest BCUT2D eigenvalue weighted by molar-refractivity contribution is 5.92. The van der Waals surface area contributed by atoms with E-state index >= 15 is 0 Å². The average molecular weight is 396 g/mol. The van der Waals surface area contributed by atoms with Gasteiger partial charge in [-0.2, -0.15) is 5.10 Å². The average Bonchev–Trinajstić information content (AvgIpc) is 3.15. The summed E-state index contributed by atoms with van der Waals surface area (Å²) >= 11 is 0. The molecule has 1 aliphatic heterocycles. The van der Waals surface area contributed by atoms with Gasteiger partial charge in [0.2, 0.25) is 0 Å². The molecule has 150 valence electrons. The van der Waals surface area contributed by atoms with Gasteiger partial charge in [0.1, 0.15) is 12.0 Å². The molecule has 1 N–H and O–H groups in total. The minimum absolute atomic E-state index is 0.170. The molecule has 0 saturated carbocycles. The fraction of sp³-hybridized carbons (Fsp3) is 0.263. The van der Waals surface area contributed by atoms with E-state index in [-0.39, 0.29) is 17.9 Å². The predicted octanol–water partition coefficient (Wildman–Crippen LogP) is 0.475. The number of nitrogens with zero attached hydrogens (tertiary/aromatic N) is 6. The Kier molecular flexibility index (Phi) is 5.82. The number of rotatable bonds is 2. The third-order valence-corrected chi connectivity index (χ3v) is 4.67. The smallest absolute Gasteiger partial charge is 0.290 e. The lowest BCUT2D eigenvalue weighted by atomic mass is 10.0. The Bertz CT molecular complexity index is 1100. The summed E-state index contributed by atoms with van der Waals surface area (Å²) in [6, 6.07) is 4.72. The molecule has 3 aromatic rings. The summed E-state index contributed by atoms with van der Waals surface area (Å²) in [5.41, 5.74) is 3.74. The first-order chi connectivity index (χ1) is 14.0. The fourth-order valence-corrected chi connectivity index (χ4v) is 3.25. The van der Waals surface area contributed by atoms with Crippen LogP contribution in [0.4, 0.5) is 0 Å². The lowest BCUT2D eigenvalue weighted by Crippen LogP contribution is -2.39. The van der Waals surface area contributed by atoms with E-state index in [1.165, 1.54) is 10.6 Å². The van der Waals surface area contributed by atoms with Crippen LogP contribution in [0.25, 0.3) is 11.3 Å². The molecule has 0 aliphatic carbocycles. The maximum atomic E-state index is 12.9. The molecule has 1 amide bonds. The summed E-state index contributed by atoms with van der Waals surface area (Å²) < 4.78 is 3.09. The summed E-state index contributed by atoms with van der Waals surface area (Å²) in [4.78, 5) is 43.7. The fourth-order valence-electron chi connectivity index (χ4n) is 3.25. The van der Waals surface area contributed by atoms with Crippen molar-refractivity contribution in [1.82, 2.24) is 29.2 Å². The summed E-state index contributed by atoms with van der Waals surface area (Å²) in [5, 5.41) is 11.1. The van der Waals surface area contributed by atoms with Crippen LogP contribution in [-0.2, 0) is 31.9 Å². The van der Waals surface area contributed by atoms with Crippen LogP contribution in [0.5, 0.6) is 0 Å². The van der Waals surface area contributed by atoms with Gasteiger partial charge in [-0.25, -0.2) is 9.97 Å². The summed E-state index contributed by atoms with van der Waals surface area (Å²) in [6.45, 7) is 0.709. The van der Waals surface area contributed by atoms with Crippen LogP contribution in [-0.4, -0.2) is 53.2 Å². The van der Waals surface area contributed by atoms with Gasteiger partial charge in [0.05, 0.1) is 17.6 Å². The zero-order valence-electron chi connectivity index (χ0n) is 16.0. The molecule has 10 nitrogen and oxygen atoms in total. The van der Waals surface area contributed by atoms with Crippen LogP contribution in [0.2, 0.25) is 0 Å². The summed E-state index contributed by atoms with van der Waals surface area (Å²) in [5.74, 6) is -0.170. The molecule has 0 aromatic carbocycles. The Morgan fingerprint density at radius 3 is 2.69 bits per heavy atom. The summed E-state index contributed by atoms with van der Waals surface area (Å²) in [6.07, 6.45) is 5.85. The standard InChI is InChI=1S/C18H18N6O2.CH2O2/c1-22-9-12(8-21-22)17-13-10-24(7-6-14(13)19-11-20-17)18(26)15-4-3-5-16(25)23(15)2;2-1-3/h3-5,8-9,11H,6-7,10H2,1-2H3;1H,(H,2,3). The Labute approximate surface area is 166 Å². The Balaban J connectivity index is 0.000000755. The Morgan fingerprint density at radius 2 is 2.00 bits per heavy atom. The number of carbonyl (C=O) groups is 2. The van der Waals surface area contributed by atoms with E-state index in [1.807, 2.05) is 13.2 Å². The molecule has 3 aromatic heterocycles. The van der Waals surface area contributed by atoms with Crippen LogP contribution >= 0.6 is 0 Å². The quantitative estimate of drug-likeness (QED) is 0.625. The zero-order valence-corrected chi connectivity index (χ0v) is 16.0. The van der Waals surface area contributed by atoms with Crippen molar-refractivity contribution in [1.29, 1.82) is 0 Å². The van der Waals surface area contributed by atoms with Gasteiger partial charge in [-0.1, -0.05) is 6.07 Å². The number of hydrogen-bond donors (Lipinski definition) is 1. The molecule has 4 rings (SSSR count). The first-order valence-electron chi connectivity index (χ1n) is 8.81. The molecular weight excluding hydrogens is 376 g/mol. The summed E-state index contributed by atoms with van der Waals surface area (Å²) in [7, 11) is 3.46. The van der Waals surface area contributed by atoms with Crippen molar-refractivity contribution < 1.29 is 14.7 Å². The van der Waals surface area contributed by atoms with E-state index < -0.39 is 0 Å². The predicted molar refractivity (Wildman–Crippen MR) is 103 cm³/mol. The molecule has 0 fully saturated rings. The Morgan fingerprint density at radius 1 is 1.24 bits per heavy atom. The maximum Gasteiger partial charge on any atom is 0.290 e. The highest BCUT2D eigenvalue weighted by Crippen LogP contribution is 2.27. The van der Waals surface area contributed by atoms with Gasteiger partial charge in [0.25, 0.3) is 17.9 Å². The zero-order chi connectivity index (χ0) is 21.0. The van der Waals surface area contributed by atoms with E-state index in [4.69, 9.17) is 9.90 Å². The highest BCUT2D eigenvalue weighted by atomic mass is 16.3. The number of carboxylic acid groups (broad SMARTS) is 1. The molecule has 0 atom stereocenters. The van der Waals surface area contributed by atoms with Gasteiger partial charge in [-0.3, -0.25) is 19.1 Å². The van der Waals surface area contributed by atoms with Crippen LogP contribution in [0, 0.1) is 0 Å². The molecule has 10 heteroatoms. The van der Waals surface area contributed by atoms with Gasteiger partial charge in [0, 0.05) is 57.0 Å². The number of carbonyl (C=O) groups excluding carboxylic acids is 1. The van der Waals surface area contributed by atoms with Crippen molar-refractivity contribution in [2.24, 2.45) is 14.1 Å². The Hall–Kier alpha value is -3.82. The van der Waals surface area contributed by atoms with Gasteiger partial charge in [-0.05, 0) is 6.07 Å². The first-order valence-corrected chi connectivity index (χ1v) is 8.81. The van der Waals surface area contributed by atoms with Crippen molar-refractivity contribution in [2.75, 3.05) is 6.54 Å². The van der Waals surface area contributed by atoms with Gasteiger partial charge in [0.15, 0.2) is 0 Å².